The quantitative estimate of drug-likeness (QED) is 0.866. The number of hydrogen-bond acceptors (Lipinski definition) is 3. The maximum Gasteiger partial charge on any atom is 0.165 e. The SMILES string of the molecule is COc1ccc(CC2(O)CCC(N)CC2)cc1F. The van der Waals surface area contributed by atoms with E-state index in [0.29, 0.717) is 19.3 Å². The Kier molecular flexibility index (Phi) is 3.88. The van der Waals surface area contributed by atoms with Crippen LogP contribution in [0.1, 0.15) is 31.2 Å². The summed E-state index contributed by atoms with van der Waals surface area (Å²) in [5.74, 6) is -0.150. The minimum Gasteiger partial charge on any atom is -0.494 e. The Morgan fingerprint density at radius 3 is 2.67 bits per heavy atom. The van der Waals surface area contributed by atoms with Crippen LogP contribution in [0.15, 0.2) is 18.2 Å². The van der Waals surface area contributed by atoms with Gasteiger partial charge in [0.1, 0.15) is 0 Å². The Morgan fingerprint density at radius 2 is 2.11 bits per heavy atom. The summed E-state index contributed by atoms with van der Waals surface area (Å²) in [5, 5.41) is 10.5. The molecule has 0 aromatic heterocycles. The van der Waals surface area contributed by atoms with E-state index in [9.17, 15) is 9.50 Å². The number of rotatable bonds is 3. The molecule has 0 aliphatic heterocycles. The lowest BCUT2D eigenvalue weighted by Crippen LogP contribution is -2.40. The zero-order chi connectivity index (χ0) is 13.2. The normalized spacial score (nSPS) is 28.1. The Hall–Kier alpha value is -1.13. The Morgan fingerprint density at radius 1 is 1.44 bits per heavy atom. The van der Waals surface area contributed by atoms with Crippen molar-refractivity contribution in [3.63, 3.8) is 0 Å². The summed E-state index contributed by atoms with van der Waals surface area (Å²) in [6.07, 6.45) is 3.49. The lowest BCUT2D eigenvalue weighted by molar-refractivity contribution is 0.000159. The van der Waals surface area contributed by atoms with Gasteiger partial charge in [0.15, 0.2) is 11.6 Å². The lowest BCUT2D eigenvalue weighted by Gasteiger charge is -2.35. The van der Waals surface area contributed by atoms with Gasteiger partial charge in [0, 0.05) is 12.5 Å². The van der Waals surface area contributed by atoms with Gasteiger partial charge in [-0.25, -0.2) is 4.39 Å². The molecule has 0 unspecified atom stereocenters. The lowest BCUT2D eigenvalue weighted by atomic mass is 9.79. The van der Waals surface area contributed by atoms with E-state index in [1.807, 2.05) is 0 Å². The molecule has 1 aromatic rings. The molecule has 3 N–H and O–H groups in total. The van der Waals surface area contributed by atoms with Gasteiger partial charge in [-0.3, -0.25) is 0 Å². The van der Waals surface area contributed by atoms with E-state index in [1.54, 1.807) is 12.1 Å². The predicted octanol–water partition coefficient (Wildman–Crippen LogP) is 2.01. The average Bonchev–Trinajstić information content (AvgIpc) is 2.34. The van der Waals surface area contributed by atoms with Crippen LogP contribution in [0.25, 0.3) is 0 Å². The third-order valence-corrected chi connectivity index (χ3v) is 3.71. The standard InChI is InChI=1S/C14H20FNO2/c1-18-13-3-2-10(8-12(13)15)9-14(17)6-4-11(16)5-7-14/h2-3,8,11,17H,4-7,9,16H2,1H3. The number of nitrogens with two attached hydrogens (primary N) is 1. The monoisotopic (exact) mass is 253 g/mol. The third kappa shape index (κ3) is 3.00. The van der Waals surface area contributed by atoms with Gasteiger partial charge >= 0.3 is 0 Å². The van der Waals surface area contributed by atoms with Crippen molar-refractivity contribution in [1.82, 2.24) is 0 Å². The van der Waals surface area contributed by atoms with Crippen LogP contribution in [0.2, 0.25) is 0 Å². The van der Waals surface area contributed by atoms with Crippen LogP contribution in [0.3, 0.4) is 0 Å². The summed E-state index contributed by atoms with van der Waals surface area (Å²) in [5.41, 5.74) is 5.88. The molecule has 1 fully saturated rings. The van der Waals surface area contributed by atoms with Gasteiger partial charge in [-0.05, 0) is 43.4 Å². The van der Waals surface area contributed by atoms with Crippen LogP contribution < -0.4 is 10.5 Å². The van der Waals surface area contributed by atoms with Gasteiger partial charge in [0.25, 0.3) is 0 Å². The molecule has 0 spiro atoms. The van der Waals surface area contributed by atoms with Crippen molar-refractivity contribution in [2.75, 3.05) is 7.11 Å². The highest BCUT2D eigenvalue weighted by atomic mass is 19.1. The summed E-state index contributed by atoms with van der Waals surface area (Å²) in [4.78, 5) is 0. The minimum absolute atomic E-state index is 0.192. The van der Waals surface area contributed by atoms with Gasteiger partial charge in [-0.2, -0.15) is 0 Å². The van der Waals surface area contributed by atoms with Crippen molar-refractivity contribution in [3.8, 4) is 5.75 Å². The smallest absolute Gasteiger partial charge is 0.165 e. The van der Waals surface area contributed by atoms with Crippen LogP contribution in [-0.4, -0.2) is 23.9 Å². The molecule has 1 aliphatic rings. The van der Waals surface area contributed by atoms with Crippen molar-refractivity contribution in [3.05, 3.63) is 29.6 Å². The maximum absolute atomic E-state index is 13.6. The van der Waals surface area contributed by atoms with E-state index >= 15 is 0 Å². The number of halogens is 1. The zero-order valence-corrected chi connectivity index (χ0v) is 10.7. The first kappa shape index (κ1) is 13.3. The molecule has 0 amide bonds. The average molecular weight is 253 g/mol. The molecule has 0 atom stereocenters. The highest BCUT2D eigenvalue weighted by Gasteiger charge is 2.32. The molecule has 2 rings (SSSR count). The predicted molar refractivity (Wildman–Crippen MR) is 68.0 cm³/mol. The van der Waals surface area contributed by atoms with Crippen LogP contribution >= 0.6 is 0 Å². The molecule has 4 heteroatoms. The second-order valence-electron chi connectivity index (χ2n) is 5.21. The first-order chi connectivity index (χ1) is 8.52. The number of hydrogen-bond donors (Lipinski definition) is 2. The molecule has 3 nitrogen and oxygen atoms in total. The number of benzene rings is 1. The van der Waals surface area contributed by atoms with E-state index in [1.165, 1.54) is 13.2 Å². The Balaban J connectivity index is 2.07. The Bertz CT molecular complexity index is 414. The van der Waals surface area contributed by atoms with Crippen molar-refractivity contribution in [2.24, 2.45) is 5.73 Å². The maximum atomic E-state index is 13.6. The first-order valence-electron chi connectivity index (χ1n) is 6.33. The van der Waals surface area contributed by atoms with E-state index < -0.39 is 5.60 Å². The van der Waals surface area contributed by atoms with Crippen molar-refractivity contribution >= 4 is 0 Å². The third-order valence-electron chi connectivity index (χ3n) is 3.71. The largest absolute Gasteiger partial charge is 0.494 e. The van der Waals surface area contributed by atoms with Gasteiger partial charge in [0.2, 0.25) is 0 Å². The highest BCUT2D eigenvalue weighted by molar-refractivity contribution is 5.30. The zero-order valence-electron chi connectivity index (χ0n) is 10.7. The molecule has 0 radical (unpaired) electrons. The van der Waals surface area contributed by atoms with Crippen LogP contribution in [0.4, 0.5) is 4.39 Å². The summed E-state index contributed by atoms with van der Waals surface area (Å²) in [6, 6.07) is 5.03. The Labute approximate surface area is 107 Å². The second-order valence-corrected chi connectivity index (χ2v) is 5.21. The van der Waals surface area contributed by atoms with E-state index in [2.05, 4.69) is 0 Å². The highest BCUT2D eigenvalue weighted by Crippen LogP contribution is 2.31. The molecule has 100 valence electrons. The summed E-state index contributed by atoms with van der Waals surface area (Å²) < 4.78 is 18.4. The molecular weight excluding hydrogens is 233 g/mol. The molecule has 1 saturated carbocycles. The van der Waals surface area contributed by atoms with Crippen LogP contribution in [-0.2, 0) is 6.42 Å². The summed E-state index contributed by atoms with van der Waals surface area (Å²) in [7, 11) is 1.44. The fraction of sp³-hybridized carbons (Fsp3) is 0.571. The van der Waals surface area contributed by atoms with Gasteiger partial charge in [-0.15, -0.1) is 0 Å². The van der Waals surface area contributed by atoms with E-state index in [-0.39, 0.29) is 17.6 Å². The minimum atomic E-state index is -0.739. The molecular formula is C14H20FNO2. The van der Waals surface area contributed by atoms with Crippen molar-refractivity contribution in [1.29, 1.82) is 0 Å². The van der Waals surface area contributed by atoms with Gasteiger partial charge in [0.05, 0.1) is 12.7 Å². The van der Waals surface area contributed by atoms with Crippen LogP contribution in [0.5, 0.6) is 5.75 Å². The molecule has 0 bridgehead atoms. The molecule has 1 aliphatic carbocycles. The second kappa shape index (κ2) is 5.24. The molecule has 1 aromatic carbocycles. The molecule has 0 saturated heterocycles. The topological polar surface area (TPSA) is 55.5 Å². The van der Waals surface area contributed by atoms with Crippen LogP contribution in [0, 0.1) is 5.82 Å². The summed E-state index contributed by atoms with van der Waals surface area (Å²) in [6.45, 7) is 0. The number of aliphatic hydroxyl groups is 1. The van der Waals surface area contributed by atoms with Gasteiger partial charge in [-0.1, -0.05) is 6.07 Å². The fourth-order valence-corrected chi connectivity index (χ4v) is 2.55. The summed E-state index contributed by atoms with van der Waals surface area (Å²) >= 11 is 0. The van der Waals surface area contributed by atoms with Gasteiger partial charge < -0.3 is 15.6 Å². The van der Waals surface area contributed by atoms with Crippen molar-refractivity contribution < 1.29 is 14.2 Å². The van der Waals surface area contributed by atoms with E-state index in [4.69, 9.17) is 10.5 Å². The fourth-order valence-electron chi connectivity index (χ4n) is 2.55. The molecule has 18 heavy (non-hydrogen) atoms. The number of ether oxygens (including phenoxy) is 1. The molecule has 0 heterocycles. The van der Waals surface area contributed by atoms with E-state index in [0.717, 1.165) is 18.4 Å². The van der Waals surface area contributed by atoms with Crippen molar-refractivity contribution in [2.45, 2.75) is 43.7 Å². The first-order valence-corrected chi connectivity index (χ1v) is 6.33. The number of methoxy groups -OCH3 is 1.